The first-order valence-electron chi connectivity index (χ1n) is 0. The predicted octanol–water partition coefficient (Wildman–Crippen LogP) is -1.65. The summed E-state index contributed by atoms with van der Waals surface area (Å²) in [5, 5.41) is 0. The van der Waals surface area contributed by atoms with Crippen molar-refractivity contribution in [2.75, 3.05) is 0 Å². The van der Waals surface area contributed by atoms with Crippen LogP contribution in [0.2, 0.25) is 0 Å². The van der Waals surface area contributed by atoms with Crippen LogP contribution in [-0.4, -0.2) is 11.0 Å². The van der Waals surface area contributed by atoms with Gasteiger partial charge in [-0.1, -0.05) is 0 Å². The third-order valence-corrected chi connectivity index (χ3v) is 0. The first-order valence-corrected chi connectivity index (χ1v) is 0. The molecular formula is H4CeFeO2. The van der Waals surface area contributed by atoms with E-state index in [9.17, 15) is 0 Å². The Kier molecular flexibility index (Phi) is 217. The van der Waals surface area contributed by atoms with E-state index in [2.05, 4.69) is 0 Å². The average Bonchev–Trinajstić information content (AvgIpc) is 0. The third-order valence-electron chi connectivity index (χ3n) is 0. The Hall–Kier alpha value is 1.82. The van der Waals surface area contributed by atoms with E-state index in [1.165, 1.54) is 0 Å². The van der Waals surface area contributed by atoms with E-state index in [1.54, 1.807) is 0 Å². The second-order valence-electron chi connectivity index (χ2n) is 0. The van der Waals surface area contributed by atoms with E-state index < -0.39 is 0 Å². The Morgan fingerprint density at radius 2 is 0.750 bits per heavy atom. The van der Waals surface area contributed by atoms with Crippen LogP contribution >= 0.6 is 0 Å². The molecule has 4 N–H and O–H groups in total. The van der Waals surface area contributed by atoms with Crippen LogP contribution in [0.5, 0.6) is 0 Å². The maximum atomic E-state index is 0. The second kappa shape index (κ2) is 21.3. The van der Waals surface area contributed by atoms with Gasteiger partial charge >= 0.3 is 0 Å². The minimum Gasteiger partial charge on any atom is -0.412 e. The molecule has 0 unspecified atom stereocenters. The first-order chi connectivity index (χ1) is 0. The monoisotopic (exact) mass is 232 g/mol. The summed E-state index contributed by atoms with van der Waals surface area (Å²) in [4.78, 5) is 0. The maximum Gasteiger partial charge on any atom is 0 e. The molecule has 0 aromatic rings. The number of hydrogen-bond donors (Lipinski definition) is 0. The van der Waals surface area contributed by atoms with Gasteiger partial charge in [-0.15, -0.1) is 0 Å². The number of hydrogen-bond acceptors (Lipinski definition) is 0. The molecular weight excluding hydrogens is 228 g/mol. The van der Waals surface area contributed by atoms with Crippen molar-refractivity contribution in [3.05, 3.63) is 0 Å². The van der Waals surface area contributed by atoms with Gasteiger partial charge in [0.15, 0.2) is 0 Å². The summed E-state index contributed by atoms with van der Waals surface area (Å²) in [5.41, 5.74) is 0. The topological polar surface area (TPSA) is 63.0 Å². The van der Waals surface area contributed by atoms with E-state index >= 15 is 0 Å². The van der Waals surface area contributed by atoms with E-state index in [0.29, 0.717) is 0 Å². The van der Waals surface area contributed by atoms with Gasteiger partial charge in [-0.3, -0.25) is 0 Å². The average molecular weight is 232 g/mol. The van der Waals surface area contributed by atoms with Gasteiger partial charge in [-0.25, -0.2) is 0 Å². The van der Waals surface area contributed by atoms with E-state index in [0.717, 1.165) is 0 Å². The quantitative estimate of drug-likeness (QED) is 0.449. The van der Waals surface area contributed by atoms with Gasteiger partial charge in [0.2, 0.25) is 0 Å². The molecule has 0 atom stereocenters. The summed E-state index contributed by atoms with van der Waals surface area (Å²) in [7, 11) is 0. The molecule has 0 saturated heterocycles. The standard InChI is InChI=1S/Ce.Fe.2H2O/h;;2*1H2. The Balaban J connectivity index is 0. The van der Waals surface area contributed by atoms with Gasteiger partial charge in [0.1, 0.15) is 0 Å². The molecule has 0 aliphatic carbocycles. The Morgan fingerprint density at radius 3 is 0.750 bits per heavy atom. The Labute approximate surface area is 68.8 Å². The van der Waals surface area contributed by atoms with Gasteiger partial charge in [0.25, 0.3) is 0 Å². The fraction of sp³-hybridized carbons (Fsp3) is 0. The molecule has 0 aromatic heterocycles. The molecule has 4 heavy (non-hydrogen) atoms. The molecule has 0 aliphatic rings. The summed E-state index contributed by atoms with van der Waals surface area (Å²) in [6.45, 7) is 0. The zero-order chi connectivity index (χ0) is 0. The van der Waals surface area contributed by atoms with Crippen LogP contribution in [0.25, 0.3) is 0 Å². The minimum atomic E-state index is 0. The molecule has 0 spiro atoms. The largest absolute Gasteiger partial charge is 0.412 e. The van der Waals surface area contributed by atoms with Crippen molar-refractivity contribution in [1.29, 1.82) is 0 Å². The van der Waals surface area contributed by atoms with Gasteiger partial charge in [-0.2, -0.15) is 0 Å². The van der Waals surface area contributed by atoms with Crippen LogP contribution in [0.15, 0.2) is 0 Å². The SMILES string of the molecule is O.O.[Ce].[Fe]. The van der Waals surface area contributed by atoms with Gasteiger partial charge in [-0.05, 0) is 0 Å². The normalized spacial score (nSPS) is 0. The third kappa shape index (κ3) is 9.18. The summed E-state index contributed by atoms with van der Waals surface area (Å²) >= 11 is 0. The van der Waals surface area contributed by atoms with E-state index in [4.69, 9.17) is 0 Å². The van der Waals surface area contributed by atoms with Crippen molar-refractivity contribution >= 4 is 0 Å². The molecule has 0 bridgehead atoms. The molecule has 0 aliphatic heterocycles. The molecule has 0 heterocycles. The molecule has 28 valence electrons. The van der Waals surface area contributed by atoms with Crippen molar-refractivity contribution in [1.82, 2.24) is 0 Å². The van der Waals surface area contributed by atoms with Gasteiger partial charge in [0.05, 0.1) is 0 Å². The van der Waals surface area contributed by atoms with Gasteiger partial charge in [0, 0.05) is 58.8 Å². The van der Waals surface area contributed by atoms with Crippen molar-refractivity contribution in [2.24, 2.45) is 0 Å². The Morgan fingerprint density at radius 1 is 0.750 bits per heavy atom. The maximum absolute atomic E-state index is 0. The van der Waals surface area contributed by atoms with Crippen LogP contribution in [0.4, 0.5) is 0 Å². The Bertz CT molecular complexity index is 6.00. The molecule has 0 aromatic carbocycles. The summed E-state index contributed by atoms with van der Waals surface area (Å²) in [5.74, 6) is 0. The smallest absolute Gasteiger partial charge is 0 e. The summed E-state index contributed by atoms with van der Waals surface area (Å²) in [6.07, 6.45) is 0. The van der Waals surface area contributed by atoms with E-state index in [-0.39, 0.29) is 69.8 Å². The predicted molar refractivity (Wildman–Crippen MR) is 7.23 cm³/mol. The second-order valence-corrected chi connectivity index (χ2v) is 0. The van der Waals surface area contributed by atoms with Crippen molar-refractivity contribution in [3.63, 3.8) is 0 Å². The fourth-order valence-corrected chi connectivity index (χ4v) is 0. The molecule has 0 radical (unpaired) electrons. The van der Waals surface area contributed by atoms with Crippen molar-refractivity contribution in [3.8, 4) is 0 Å². The fourth-order valence-electron chi connectivity index (χ4n) is 0. The first kappa shape index (κ1) is 40.9. The molecule has 2 nitrogen and oxygen atoms in total. The summed E-state index contributed by atoms with van der Waals surface area (Å²) in [6, 6.07) is 0. The summed E-state index contributed by atoms with van der Waals surface area (Å²) < 4.78 is 0. The number of rotatable bonds is 0. The zero-order valence-electron chi connectivity index (χ0n) is 1.85. The van der Waals surface area contributed by atoms with Crippen molar-refractivity contribution < 1.29 is 69.8 Å². The van der Waals surface area contributed by atoms with Crippen LogP contribution in [0.1, 0.15) is 0 Å². The molecule has 0 fully saturated rings. The van der Waals surface area contributed by atoms with Crippen LogP contribution in [-0.2, 0) is 17.1 Å². The van der Waals surface area contributed by atoms with E-state index in [1.807, 2.05) is 0 Å². The van der Waals surface area contributed by atoms with Gasteiger partial charge < -0.3 is 11.0 Å². The molecule has 0 saturated carbocycles. The molecule has 0 amide bonds. The van der Waals surface area contributed by atoms with Crippen LogP contribution < -0.4 is 0 Å². The minimum absolute atomic E-state index is 0. The molecule has 0 rings (SSSR count). The van der Waals surface area contributed by atoms with Crippen LogP contribution in [0.3, 0.4) is 0 Å². The zero-order valence-corrected chi connectivity index (χ0v) is 6.10. The van der Waals surface area contributed by atoms with Crippen LogP contribution in [0, 0.1) is 41.7 Å². The van der Waals surface area contributed by atoms with Crippen molar-refractivity contribution in [2.45, 2.75) is 0 Å². The molecule has 4 heteroatoms.